The Balaban J connectivity index is 2.07. The highest BCUT2D eigenvalue weighted by Crippen LogP contribution is 2.31. The molecule has 2 aromatic rings. The molecule has 22 heavy (non-hydrogen) atoms. The van der Waals surface area contributed by atoms with E-state index in [1.807, 2.05) is 38.1 Å². The number of ether oxygens (including phenoxy) is 1. The van der Waals surface area contributed by atoms with Crippen molar-refractivity contribution in [1.82, 2.24) is 15.5 Å². The molecule has 2 rings (SSSR count). The molecule has 7 heteroatoms. The van der Waals surface area contributed by atoms with Crippen LogP contribution in [0.25, 0.3) is 11.5 Å². The van der Waals surface area contributed by atoms with Crippen molar-refractivity contribution in [2.45, 2.75) is 30.7 Å². The number of carbonyl (C=O) groups excluding carboxylic acids is 1. The SMILES string of the molecule is CCCNC(=O)C(C)Sc1nnc(-c2ccccc2OC)o1. The molecule has 0 spiro atoms. The number of hydrogen-bond acceptors (Lipinski definition) is 6. The first-order chi connectivity index (χ1) is 10.7. The summed E-state index contributed by atoms with van der Waals surface area (Å²) in [4.78, 5) is 11.8. The summed E-state index contributed by atoms with van der Waals surface area (Å²) in [6, 6.07) is 7.41. The lowest BCUT2D eigenvalue weighted by molar-refractivity contribution is -0.120. The molecule has 0 aliphatic rings. The number of benzene rings is 1. The van der Waals surface area contributed by atoms with E-state index in [0.717, 1.165) is 12.0 Å². The first kappa shape index (κ1) is 16.4. The number of nitrogens with zero attached hydrogens (tertiary/aromatic N) is 2. The van der Waals surface area contributed by atoms with Gasteiger partial charge in [0, 0.05) is 6.54 Å². The van der Waals surface area contributed by atoms with Crippen molar-refractivity contribution in [3.8, 4) is 17.2 Å². The number of para-hydroxylation sites is 1. The smallest absolute Gasteiger partial charge is 0.277 e. The van der Waals surface area contributed by atoms with Crippen LogP contribution in [0.3, 0.4) is 0 Å². The Kier molecular flexibility index (Phi) is 5.83. The average Bonchev–Trinajstić information content (AvgIpc) is 3.00. The maximum atomic E-state index is 11.8. The fraction of sp³-hybridized carbons (Fsp3) is 0.400. The van der Waals surface area contributed by atoms with Crippen LogP contribution in [0.5, 0.6) is 5.75 Å². The zero-order valence-corrected chi connectivity index (χ0v) is 13.6. The van der Waals surface area contributed by atoms with Gasteiger partial charge in [-0.15, -0.1) is 10.2 Å². The van der Waals surface area contributed by atoms with Crippen LogP contribution in [-0.4, -0.2) is 35.0 Å². The third-order valence-electron chi connectivity index (χ3n) is 2.94. The van der Waals surface area contributed by atoms with Crippen molar-refractivity contribution in [2.24, 2.45) is 0 Å². The van der Waals surface area contributed by atoms with Crippen molar-refractivity contribution in [1.29, 1.82) is 0 Å². The molecule has 1 unspecified atom stereocenters. The van der Waals surface area contributed by atoms with E-state index >= 15 is 0 Å². The number of aromatic nitrogens is 2. The predicted octanol–water partition coefficient (Wildman–Crippen LogP) is 2.75. The molecule has 6 nitrogen and oxygen atoms in total. The third kappa shape index (κ3) is 4.00. The van der Waals surface area contributed by atoms with Crippen LogP contribution >= 0.6 is 11.8 Å². The van der Waals surface area contributed by atoms with E-state index < -0.39 is 0 Å². The van der Waals surface area contributed by atoms with Crippen LogP contribution in [-0.2, 0) is 4.79 Å². The second-order valence-electron chi connectivity index (χ2n) is 4.62. The number of methoxy groups -OCH3 is 1. The van der Waals surface area contributed by atoms with Crippen LogP contribution < -0.4 is 10.1 Å². The monoisotopic (exact) mass is 321 g/mol. The van der Waals surface area contributed by atoms with E-state index in [1.165, 1.54) is 11.8 Å². The Morgan fingerprint density at radius 2 is 2.18 bits per heavy atom. The Labute approximate surface area is 133 Å². The van der Waals surface area contributed by atoms with Crippen molar-refractivity contribution in [3.05, 3.63) is 24.3 Å². The largest absolute Gasteiger partial charge is 0.496 e. The molecule has 0 saturated heterocycles. The molecular weight excluding hydrogens is 302 g/mol. The van der Waals surface area contributed by atoms with E-state index in [-0.39, 0.29) is 11.2 Å². The van der Waals surface area contributed by atoms with Gasteiger partial charge in [0.25, 0.3) is 11.1 Å². The molecule has 1 amide bonds. The van der Waals surface area contributed by atoms with Crippen molar-refractivity contribution in [3.63, 3.8) is 0 Å². The van der Waals surface area contributed by atoms with Gasteiger partial charge in [0.1, 0.15) is 5.75 Å². The molecule has 0 radical (unpaired) electrons. The van der Waals surface area contributed by atoms with Crippen molar-refractivity contribution >= 4 is 17.7 Å². The molecule has 1 aromatic heterocycles. The number of carbonyl (C=O) groups is 1. The van der Waals surface area contributed by atoms with E-state index in [1.54, 1.807) is 7.11 Å². The summed E-state index contributed by atoms with van der Waals surface area (Å²) in [5, 5.41) is 10.9. The topological polar surface area (TPSA) is 77.2 Å². The first-order valence-corrected chi connectivity index (χ1v) is 7.95. The van der Waals surface area contributed by atoms with Crippen molar-refractivity contribution < 1.29 is 13.9 Å². The van der Waals surface area contributed by atoms with Crippen LogP contribution in [0.2, 0.25) is 0 Å². The number of nitrogens with one attached hydrogen (secondary N) is 1. The number of thioether (sulfide) groups is 1. The van der Waals surface area contributed by atoms with Gasteiger partial charge in [-0.1, -0.05) is 30.8 Å². The van der Waals surface area contributed by atoms with Gasteiger partial charge in [0.2, 0.25) is 5.91 Å². The minimum absolute atomic E-state index is 0.0381. The maximum Gasteiger partial charge on any atom is 0.277 e. The minimum atomic E-state index is -0.294. The second kappa shape index (κ2) is 7.84. The maximum absolute atomic E-state index is 11.8. The summed E-state index contributed by atoms with van der Waals surface area (Å²) in [5.41, 5.74) is 0.729. The summed E-state index contributed by atoms with van der Waals surface area (Å²) < 4.78 is 10.9. The van der Waals surface area contributed by atoms with Gasteiger partial charge in [-0.25, -0.2) is 0 Å². The Morgan fingerprint density at radius 1 is 1.41 bits per heavy atom. The van der Waals surface area contributed by atoms with E-state index in [2.05, 4.69) is 15.5 Å². The summed E-state index contributed by atoms with van der Waals surface area (Å²) in [7, 11) is 1.59. The summed E-state index contributed by atoms with van der Waals surface area (Å²) in [6.07, 6.45) is 0.904. The predicted molar refractivity (Wildman–Crippen MR) is 84.9 cm³/mol. The summed E-state index contributed by atoms with van der Waals surface area (Å²) in [5.74, 6) is 1.00. The van der Waals surface area contributed by atoms with Gasteiger partial charge in [-0.2, -0.15) is 0 Å². The second-order valence-corrected chi connectivity index (χ2v) is 5.92. The molecule has 118 valence electrons. The Morgan fingerprint density at radius 3 is 2.91 bits per heavy atom. The normalized spacial score (nSPS) is 12.0. The van der Waals surface area contributed by atoms with Crippen LogP contribution in [0.1, 0.15) is 20.3 Å². The fourth-order valence-corrected chi connectivity index (χ4v) is 2.49. The molecular formula is C15H19N3O3S. The molecule has 0 saturated carbocycles. The van der Waals surface area contributed by atoms with Gasteiger partial charge < -0.3 is 14.5 Å². The fourth-order valence-electron chi connectivity index (χ4n) is 1.78. The lowest BCUT2D eigenvalue weighted by Gasteiger charge is -2.08. The Hall–Kier alpha value is -2.02. The highest BCUT2D eigenvalue weighted by Gasteiger charge is 2.19. The molecule has 1 N–H and O–H groups in total. The van der Waals surface area contributed by atoms with E-state index in [4.69, 9.17) is 9.15 Å². The Bertz CT molecular complexity index is 630. The molecule has 0 aliphatic carbocycles. The highest BCUT2D eigenvalue weighted by atomic mass is 32.2. The lowest BCUT2D eigenvalue weighted by atomic mass is 10.2. The standard InChI is InChI=1S/C15H19N3O3S/c1-4-9-16-13(19)10(2)22-15-18-17-14(21-15)11-7-5-6-8-12(11)20-3/h5-8,10H,4,9H2,1-3H3,(H,16,19). The zero-order valence-electron chi connectivity index (χ0n) is 12.8. The van der Waals surface area contributed by atoms with Crippen LogP contribution in [0.15, 0.2) is 33.9 Å². The molecule has 0 bridgehead atoms. The van der Waals surface area contributed by atoms with Gasteiger partial charge in [-0.05, 0) is 25.5 Å². The van der Waals surface area contributed by atoms with E-state index in [0.29, 0.717) is 23.4 Å². The number of amides is 1. The van der Waals surface area contributed by atoms with Crippen LogP contribution in [0.4, 0.5) is 0 Å². The molecule has 1 aromatic carbocycles. The van der Waals surface area contributed by atoms with Crippen molar-refractivity contribution in [2.75, 3.05) is 13.7 Å². The van der Waals surface area contributed by atoms with E-state index in [9.17, 15) is 4.79 Å². The highest BCUT2D eigenvalue weighted by molar-refractivity contribution is 8.00. The number of rotatable bonds is 7. The van der Waals surface area contributed by atoms with Gasteiger partial charge in [-0.3, -0.25) is 4.79 Å². The lowest BCUT2D eigenvalue weighted by Crippen LogP contribution is -2.31. The third-order valence-corrected chi connectivity index (χ3v) is 3.87. The summed E-state index contributed by atoms with van der Waals surface area (Å²) in [6.45, 7) is 4.48. The first-order valence-electron chi connectivity index (χ1n) is 7.07. The minimum Gasteiger partial charge on any atom is -0.496 e. The van der Waals surface area contributed by atoms with Gasteiger partial charge >= 0.3 is 0 Å². The quantitative estimate of drug-likeness (QED) is 0.790. The molecule has 1 heterocycles. The molecule has 1 atom stereocenters. The zero-order chi connectivity index (χ0) is 15.9. The van der Waals surface area contributed by atoms with Crippen LogP contribution in [0, 0.1) is 0 Å². The van der Waals surface area contributed by atoms with Gasteiger partial charge in [0.15, 0.2) is 0 Å². The van der Waals surface area contributed by atoms with Gasteiger partial charge in [0.05, 0.1) is 17.9 Å². The summed E-state index contributed by atoms with van der Waals surface area (Å²) >= 11 is 1.24. The average molecular weight is 321 g/mol. The number of hydrogen-bond donors (Lipinski definition) is 1. The molecule has 0 fully saturated rings. The molecule has 0 aliphatic heterocycles.